The Balaban J connectivity index is 2.02. The van der Waals surface area contributed by atoms with Crippen molar-refractivity contribution in [2.45, 2.75) is 57.6 Å². The van der Waals surface area contributed by atoms with E-state index in [1.165, 1.54) is 24.8 Å². The highest BCUT2D eigenvalue weighted by Crippen LogP contribution is 2.29. The fraction of sp³-hybridized carbons (Fsp3) is 0.611. The fourth-order valence-electron chi connectivity index (χ4n) is 3.01. The molecule has 3 nitrogen and oxygen atoms in total. The SMILES string of the molecule is CCC[C@](C)(O)C#CCN1CCCC[C@H]1c1cccnc1. The number of pyridine rings is 1. The van der Waals surface area contributed by atoms with E-state index in [-0.39, 0.29) is 0 Å². The van der Waals surface area contributed by atoms with Crippen molar-refractivity contribution >= 4 is 0 Å². The van der Waals surface area contributed by atoms with Crippen LogP contribution in [0.4, 0.5) is 0 Å². The summed E-state index contributed by atoms with van der Waals surface area (Å²) < 4.78 is 0. The molecule has 1 aromatic rings. The van der Waals surface area contributed by atoms with Crippen molar-refractivity contribution in [3.05, 3.63) is 30.1 Å². The van der Waals surface area contributed by atoms with Gasteiger partial charge in [0, 0.05) is 18.4 Å². The summed E-state index contributed by atoms with van der Waals surface area (Å²) in [6.45, 7) is 5.67. The monoisotopic (exact) mass is 286 g/mol. The molecule has 1 aliphatic heterocycles. The molecule has 3 heteroatoms. The van der Waals surface area contributed by atoms with Crippen LogP contribution in [0.2, 0.25) is 0 Å². The van der Waals surface area contributed by atoms with Crippen LogP contribution < -0.4 is 0 Å². The molecular formula is C18H26N2O. The van der Waals surface area contributed by atoms with Gasteiger partial charge in [0.05, 0.1) is 6.54 Å². The number of hydrogen-bond donors (Lipinski definition) is 1. The first-order chi connectivity index (χ1) is 10.1. The van der Waals surface area contributed by atoms with Crippen LogP contribution >= 0.6 is 0 Å². The van der Waals surface area contributed by atoms with Gasteiger partial charge in [-0.1, -0.05) is 37.7 Å². The number of piperidine rings is 1. The molecule has 1 N–H and O–H groups in total. The second kappa shape index (κ2) is 7.59. The van der Waals surface area contributed by atoms with Crippen LogP contribution in [0, 0.1) is 11.8 Å². The van der Waals surface area contributed by atoms with Gasteiger partial charge in [0.25, 0.3) is 0 Å². The summed E-state index contributed by atoms with van der Waals surface area (Å²) in [5, 5.41) is 10.1. The van der Waals surface area contributed by atoms with E-state index in [1.54, 1.807) is 6.92 Å². The normalized spacial score (nSPS) is 22.1. The van der Waals surface area contributed by atoms with E-state index in [2.05, 4.69) is 34.7 Å². The molecule has 0 aliphatic carbocycles. The standard InChI is InChI=1S/C18H26N2O/c1-3-10-18(2,21)11-7-14-20-13-5-4-9-17(20)16-8-6-12-19-15-16/h6,8,12,15,17,21H,3-5,9-10,13-14H2,1-2H3/t17-,18-/m0/s1. The molecule has 0 aromatic carbocycles. The number of aliphatic hydroxyl groups is 1. The molecular weight excluding hydrogens is 260 g/mol. The number of likely N-dealkylation sites (tertiary alicyclic amines) is 1. The average Bonchev–Trinajstić information content (AvgIpc) is 2.48. The first-order valence-electron chi connectivity index (χ1n) is 7.99. The molecule has 0 spiro atoms. The minimum absolute atomic E-state index is 0.415. The van der Waals surface area contributed by atoms with Gasteiger partial charge in [-0.3, -0.25) is 9.88 Å². The van der Waals surface area contributed by atoms with E-state index in [1.807, 2.05) is 18.5 Å². The Morgan fingerprint density at radius 3 is 3.05 bits per heavy atom. The number of nitrogens with zero attached hydrogens (tertiary/aromatic N) is 2. The van der Waals surface area contributed by atoms with Gasteiger partial charge in [0.2, 0.25) is 0 Å². The molecule has 1 fully saturated rings. The molecule has 0 radical (unpaired) electrons. The van der Waals surface area contributed by atoms with Gasteiger partial charge in [0.15, 0.2) is 0 Å². The first-order valence-corrected chi connectivity index (χ1v) is 7.99. The Morgan fingerprint density at radius 2 is 2.33 bits per heavy atom. The molecule has 2 rings (SSSR count). The lowest BCUT2D eigenvalue weighted by Gasteiger charge is -2.34. The van der Waals surface area contributed by atoms with Crippen molar-refractivity contribution in [2.24, 2.45) is 0 Å². The van der Waals surface area contributed by atoms with Crippen molar-refractivity contribution in [2.75, 3.05) is 13.1 Å². The third kappa shape index (κ3) is 4.84. The van der Waals surface area contributed by atoms with Crippen molar-refractivity contribution in [1.82, 2.24) is 9.88 Å². The Kier molecular flexibility index (Phi) is 5.78. The lowest BCUT2D eigenvalue weighted by molar-refractivity contribution is 0.111. The number of rotatable bonds is 4. The summed E-state index contributed by atoms with van der Waals surface area (Å²) in [7, 11) is 0. The van der Waals surface area contributed by atoms with Crippen molar-refractivity contribution in [3.63, 3.8) is 0 Å². The minimum atomic E-state index is -0.853. The Bertz CT molecular complexity index is 487. The minimum Gasteiger partial charge on any atom is -0.378 e. The van der Waals surface area contributed by atoms with Crippen LogP contribution in [0.1, 0.15) is 57.6 Å². The summed E-state index contributed by atoms with van der Waals surface area (Å²) in [4.78, 5) is 6.65. The molecule has 1 aliphatic rings. The van der Waals surface area contributed by atoms with E-state index in [9.17, 15) is 5.11 Å². The maximum absolute atomic E-state index is 10.1. The third-order valence-corrected chi connectivity index (χ3v) is 4.06. The van der Waals surface area contributed by atoms with E-state index in [0.29, 0.717) is 6.04 Å². The Hall–Kier alpha value is -1.37. The van der Waals surface area contributed by atoms with Gasteiger partial charge in [-0.2, -0.15) is 0 Å². The summed E-state index contributed by atoms with van der Waals surface area (Å²) >= 11 is 0. The zero-order valence-electron chi connectivity index (χ0n) is 13.2. The molecule has 1 saturated heterocycles. The van der Waals surface area contributed by atoms with Crippen LogP contribution in [-0.4, -0.2) is 33.7 Å². The molecule has 0 unspecified atom stereocenters. The van der Waals surface area contributed by atoms with Gasteiger partial charge in [-0.25, -0.2) is 0 Å². The molecule has 2 atom stereocenters. The lowest BCUT2D eigenvalue weighted by atomic mass is 9.96. The predicted molar refractivity (Wildman–Crippen MR) is 85.7 cm³/mol. The highest BCUT2D eigenvalue weighted by Gasteiger charge is 2.23. The molecule has 0 saturated carbocycles. The number of aromatic nitrogens is 1. The maximum Gasteiger partial charge on any atom is 0.122 e. The van der Waals surface area contributed by atoms with Crippen LogP contribution in [0.5, 0.6) is 0 Å². The largest absolute Gasteiger partial charge is 0.378 e. The van der Waals surface area contributed by atoms with Crippen molar-refractivity contribution in [1.29, 1.82) is 0 Å². The summed E-state index contributed by atoms with van der Waals surface area (Å²) in [6.07, 6.45) is 9.11. The lowest BCUT2D eigenvalue weighted by Crippen LogP contribution is -2.34. The summed E-state index contributed by atoms with van der Waals surface area (Å²) in [5.41, 5.74) is 0.424. The summed E-state index contributed by atoms with van der Waals surface area (Å²) in [6, 6.07) is 4.56. The molecule has 1 aromatic heterocycles. The summed E-state index contributed by atoms with van der Waals surface area (Å²) in [5.74, 6) is 6.21. The van der Waals surface area contributed by atoms with Gasteiger partial charge in [-0.15, -0.1) is 0 Å². The predicted octanol–water partition coefficient (Wildman–Crippen LogP) is 3.16. The quantitative estimate of drug-likeness (QED) is 0.864. The van der Waals surface area contributed by atoms with Crippen LogP contribution in [0.15, 0.2) is 24.5 Å². The highest BCUT2D eigenvalue weighted by molar-refractivity contribution is 5.17. The Morgan fingerprint density at radius 1 is 1.48 bits per heavy atom. The van der Waals surface area contributed by atoms with Gasteiger partial charge >= 0.3 is 0 Å². The van der Waals surface area contributed by atoms with E-state index < -0.39 is 5.60 Å². The zero-order chi connectivity index (χ0) is 15.1. The van der Waals surface area contributed by atoms with Crippen LogP contribution in [0.3, 0.4) is 0 Å². The Labute approximate surface area is 128 Å². The van der Waals surface area contributed by atoms with Gasteiger partial charge in [0.1, 0.15) is 5.60 Å². The van der Waals surface area contributed by atoms with Crippen molar-refractivity contribution < 1.29 is 5.11 Å². The van der Waals surface area contributed by atoms with Gasteiger partial charge < -0.3 is 5.11 Å². The molecule has 21 heavy (non-hydrogen) atoms. The molecule has 0 bridgehead atoms. The second-order valence-electron chi connectivity index (χ2n) is 6.09. The first kappa shape index (κ1) is 16.0. The third-order valence-electron chi connectivity index (χ3n) is 4.06. The van der Waals surface area contributed by atoms with E-state index >= 15 is 0 Å². The van der Waals surface area contributed by atoms with Crippen LogP contribution in [-0.2, 0) is 0 Å². The fourth-order valence-corrected chi connectivity index (χ4v) is 3.01. The maximum atomic E-state index is 10.1. The number of hydrogen-bond acceptors (Lipinski definition) is 3. The van der Waals surface area contributed by atoms with E-state index in [4.69, 9.17) is 0 Å². The molecule has 0 amide bonds. The second-order valence-corrected chi connectivity index (χ2v) is 6.09. The van der Waals surface area contributed by atoms with E-state index in [0.717, 1.165) is 25.9 Å². The van der Waals surface area contributed by atoms with Crippen molar-refractivity contribution in [3.8, 4) is 11.8 Å². The molecule has 114 valence electrons. The van der Waals surface area contributed by atoms with Crippen LogP contribution in [0.25, 0.3) is 0 Å². The smallest absolute Gasteiger partial charge is 0.122 e. The zero-order valence-corrected chi connectivity index (χ0v) is 13.2. The topological polar surface area (TPSA) is 36.4 Å². The highest BCUT2D eigenvalue weighted by atomic mass is 16.3. The van der Waals surface area contributed by atoms with Gasteiger partial charge in [-0.05, 0) is 44.4 Å². The molecule has 2 heterocycles. The average molecular weight is 286 g/mol.